The molecule has 0 saturated carbocycles. The molecule has 0 aromatic heterocycles. The molecule has 1 fully saturated rings. The van der Waals surface area contributed by atoms with E-state index in [0.29, 0.717) is 12.8 Å². The highest BCUT2D eigenvalue weighted by molar-refractivity contribution is 5.74. The van der Waals surface area contributed by atoms with Gasteiger partial charge in [0.1, 0.15) is 0 Å². The summed E-state index contributed by atoms with van der Waals surface area (Å²) in [6.45, 7) is 0.0783. The lowest BCUT2D eigenvalue weighted by Crippen LogP contribution is -2.39. The van der Waals surface area contributed by atoms with Crippen LogP contribution in [0.15, 0.2) is 0 Å². The number of amides is 2. The fourth-order valence-electron chi connectivity index (χ4n) is 1.92. The van der Waals surface area contributed by atoms with Gasteiger partial charge in [-0.1, -0.05) is 0 Å². The maximum absolute atomic E-state index is 12.4. The second kappa shape index (κ2) is 6.63. The van der Waals surface area contributed by atoms with Crippen LogP contribution in [0.5, 0.6) is 0 Å². The summed E-state index contributed by atoms with van der Waals surface area (Å²) in [4.78, 5) is 22.9. The van der Waals surface area contributed by atoms with Crippen molar-refractivity contribution in [2.75, 3.05) is 19.6 Å². The molecule has 0 spiro atoms. The summed E-state index contributed by atoms with van der Waals surface area (Å²) < 4.78 is 37.2. The number of unbranched alkanes of at least 4 members (excludes halogenated alkanes) is 1. The Morgan fingerprint density at radius 1 is 1.32 bits per heavy atom. The molecule has 0 radical (unpaired) electrons. The average molecular weight is 282 g/mol. The number of carbonyl (C=O) groups excluding carboxylic acids is 1. The van der Waals surface area contributed by atoms with Gasteiger partial charge < -0.3 is 15.3 Å². The molecule has 0 aliphatic carbocycles. The van der Waals surface area contributed by atoms with Gasteiger partial charge in [-0.2, -0.15) is 13.2 Å². The van der Waals surface area contributed by atoms with Gasteiger partial charge in [-0.3, -0.25) is 4.79 Å². The van der Waals surface area contributed by atoms with Crippen LogP contribution in [0.3, 0.4) is 0 Å². The Labute approximate surface area is 108 Å². The zero-order valence-electron chi connectivity index (χ0n) is 10.4. The van der Waals surface area contributed by atoms with Crippen molar-refractivity contribution in [2.24, 2.45) is 5.92 Å². The van der Waals surface area contributed by atoms with Crippen LogP contribution in [0.2, 0.25) is 0 Å². The summed E-state index contributed by atoms with van der Waals surface area (Å²) in [5.41, 5.74) is 0. The minimum Gasteiger partial charge on any atom is -0.481 e. The molecule has 1 unspecified atom stereocenters. The number of urea groups is 1. The van der Waals surface area contributed by atoms with Crippen LogP contribution < -0.4 is 5.32 Å². The Kier molecular flexibility index (Phi) is 5.44. The third-order valence-electron chi connectivity index (χ3n) is 3.03. The number of halogens is 3. The van der Waals surface area contributed by atoms with Crippen LogP contribution in [0.4, 0.5) is 18.0 Å². The number of carboxylic acids is 1. The molecule has 5 nitrogen and oxygen atoms in total. The fourth-order valence-corrected chi connectivity index (χ4v) is 1.92. The van der Waals surface area contributed by atoms with Gasteiger partial charge in [-0.25, -0.2) is 4.79 Å². The molecule has 1 aliphatic rings. The average Bonchev–Trinajstić information content (AvgIpc) is 2.76. The largest absolute Gasteiger partial charge is 0.481 e. The van der Waals surface area contributed by atoms with E-state index in [1.807, 2.05) is 0 Å². The number of likely N-dealkylation sites (tertiary alicyclic amines) is 1. The van der Waals surface area contributed by atoms with Crippen LogP contribution in [0.25, 0.3) is 0 Å². The van der Waals surface area contributed by atoms with Crippen LogP contribution in [0.1, 0.15) is 25.7 Å². The molecular formula is C11H17F3N2O3. The minimum atomic E-state index is -4.25. The van der Waals surface area contributed by atoms with E-state index < -0.39 is 24.1 Å². The second-order valence-electron chi connectivity index (χ2n) is 4.56. The highest BCUT2D eigenvalue weighted by Gasteiger charge is 2.44. The summed E-state index contributed by atoms with van der Waals surface area (Å²) in [5.74, 6) is -2.34. The number of nitrogens with zero attached hydrogens (tertiary/aromatic N) is 1. The van der Waals surface area contributed by atoms with Crippen LogP contribution >= 0.6 is 0 Å². The van der Waals surface area contributed by atoms with E-state index in [1.165, 1.54) is 0 Å². The topological polar surface area (TPSA) is 69.6 Å². The van der Waals surface area contributed by atoms with Gasteiger partial charge in [0.2, 0.25) is 0 Å². The smallest absolute Gasteiger partial charge is 0.393 e. The molecular weight excluding hydrogens is 265 g/mol. The number of aliphatic carboxylic acids is 1. The van der Waals surface area contributed by atoms with Crippen molar-refractivity contribution in [2.45, 2.75) is 31.9 Å². The SMILES string of the molecule is O=C(O)CCCCNC(=O)N1CCC(C(F)(F)F)C1. The molecule has 0 aromatic rings. The molecule has 0 bridgehead atoms. The predicted octanol–water partition coefficient (Wildman–Crippen LogP) is 1.84. The predicted molar refractivity (Wildman–Crippen MR) is 60.6 cm³/mol. The van der Waals surface area contributed by atoms with Gasteiger partial charge in [0.15, 0.2) is 0 Å². The van der Waals surface area contributed by atoms with Gasteiger partial charge in [0.05, 0.1) is 5.92 Å². The second-order valence-corrected chi connectivity index (χ2v) is 4.56. The van der Waals surface area contributed by atoms with Gasteiger partial charge in [0.25, 0.3) is 0 Å². The lowest BCUT2D eigenvalue weighted by atomic mass is 10.1. The lowest BCUT2D eigenvalue weighted by molar-refractivity contribution is -0.169. The third kappa shape index (κ3) is 5.35. The Balaban J connectivity index is 2.19. The number of rotatable bonds is 5. The monoisotopic (exact) mass is 282 g/mol. The Morgan fingerprint density at radius 3 is 2.53 bits per heavy atom. The summed E-state index contributed by atoms with van der Waals surface area (Å²) in [7, 11) is 0. The maximum atomic E-state index is 12.4. The van der Waals surface area contributed by atoms with Crippen molar-refractivity contribution in [1.82, 2.24) is 10.2 Å². The van der Waals surface area contributed by atoms with Crippen molar-refractivity contribution in [1.29, 1.82) is 0 Å². The van der Waals surface area contributed by atoms with Crippen molar-refractivity contribution < 1.29 is 27.9 Å². The zero-order valence-corrected chi connectivity index (χ0v) is 10.4. The number of carbonyl (C=O) groups is 2. The van der Waals surface area contributed by atoms with Crippen LogP contribution in [0, 0.1) is 5.92 Å². The molecule has 1 atom stereocenters. The molecule has 110 valence electrons. The van der Waals surface area contributed by atoms with Crippen molar-refractivity contribution in [3.05, 3.63) is 0 Å². The Bertz CT molecular complexity index is 334. The van der Waals surface area contributed by atoms with Crippen molar-refractivity contribution >= 4 is 12.0 Å². The summed E-state index contributed by atoms with van der Waals surface area (Å²) in [6.07, 6.45) is -3.36. The molecule has 1 aliphatic heterocycles. The standard InChI is InChI=1S/C11H17F3N2O3/c12-11(13,14)8-4-6-16(7-8)10(19)15-5-2-1-3-9(17)18/h8H,1-7H2,(H,15,19)(H,17,18). The highest BCUT2D eigenvalue weighted by atomic mass is 19.4. The molecule has 2 N–H and O–H groups in total. The van der Waals surface area contributed by atoms with E-state index in [1.54, 1.807) is 0 Å². The third-order valence-corrected chi connectivity index (χ3v) is 3.03. The summed E-state index contributed by atoms with van der Waals surface area (Å²) >= 11 is 0. The molecule has 1 rings (SSSR count). The minimum absolute atomic E-state index is 0.0235. The number of carboxylic acid groups (broad SMARTS) is 1. The normalized spacial score (nSPS) is 19.5. The molecule has 8 heteroatoms. The molecule has 0 aromatic carbocycles. The number of hydrogen-bond acceptors (Lipinski definition) is 2. The van der Waals surface area contributed by atoms with Gasteiger partial charge in [-0.05, 0) is 19.3 Å². The maximum Gasteiger partial charge on any atom is 0.393 e. The van der Waals surface area contributed by atoms with E-state index in [4.69, 9.17) is 5.11 Å². The number of alkyl halides is 3. The summed E-state index contributed by atoms with van der Waals surface area (Å²) in [5, 5.41) is 10.9. The first kappa shape index (κ1) is 15.6. The lowest BCUT2D eigenvalue weighted by Gasteiger charge is -2.18. The molecule has 2 amide bonds. The fraction of sp³-hybridized carbons (Fsp3) is 0.818. The van der Waals surface area contributed by atoms with E-state index in [9.17, 15) is 22.8 Å². The van der Waals surface area contributed by atoms with E-state index >= 15 is 0 Å². The first-order chi connectivity index (χ1) is 8.80. The van der Waals surface area contributed by atoms with Gasteiger partial charge >= 0.3 is 18.2 Å². The van der Waals surface area contributed by atoms with Crippen molar-refractivity contribution in [3.8, 4) is 0 Å². The van der Waals surface area contributed by atoms with Crippen LogP contribution in [-0.4, -0.2) is 47.8 Å². The first-order valence-electron chi connectivity index (χ1n) is 6.12. The summed E-state index contributed by atoms with van der Waals surface area (Å²) in [6, 6.07) is -0.512. The Hall–Kier alpha value is -1.47. The van der Waals surface area contributed by atoms with E-state index in [0.717, 1.165) is 4.90 Å². The molecule has 1 saturated heterocycles. The Morgan fingerprint density at radius 2 is 2.00 bits per heavy atom. The number of nitrogens with one attached hydrogen (secondary N) is 1. The molecule has 1 heterocycles. The first-order valence-corrected chi connectivity index (χ1v) is 6.12. The highest BCUT2D eigenvalue weighted by Crippen LogP contribution is 2.33. The van der Waals surface area contributed by atoms with Gasteiger partial charge in [-0.15, -0.1) is 0 Å². The van der Waals surface area contributed by atoms with Crippen LogP contribution in [-0.2, 0) is 4.79 Å². The quantitative estimate of drug-likeness (QED) is 0.756. The molecule has 19 heavy (non-hydrogen) atoms. The number of hydrogen-bond donors (Lipinski definition) is 2. The van der Waals surface area contributed by atoms with E-state index in [-0.39, 0.29) is 32.5 Å². The van der Waals surface area contributed by atoms with Gasteiger partial charge in [0, 0.05) is 26.1 Å². The van der Waals surface area contributed by atoms with Crippen molar-refractivity contribution in [3.63, 3.8) is 0 Å². The zero-order chi connectivity index (χ0) is 14.5. The van der Waals surface area contributed by atoms with E-state index in [2.05, 4.69) is 5.32 Å².